The van der Waals surface area contributed by atoms with Crippen molar-refractivity contribution in [2.75, 3.05) is 0 Å². The molecule has 0 N–H and O–H groups in total. The van der Waals surface area contributed by atoms with Crippen molar-refractivity contribution < 1.29 is 0 Å². The monoisotopic (exact) mass is 988 g/mol. The minimum absolute atomic E-state index is 0.750. The van der Waals surface area contributed by atoms with Crippen LogP contribution in [0.2, 0.25) is 0 Å². The zero-order valence-corrected chi connectivity index (χ0v) is 42.0. The van der Waals surface area contributed by atoms with E-state index in [0.717, 1.165) is 84.1 Å². The molecule has 0 aliphatic carbocycles. The first kappa shape index (κ1) is 42.4. The molecule has 0 aliphatic rings. The summed E-state index contributed by atoms with van der Waals surface area (Å²) in [6.45, 7) is 0. The Bertz CT molecular complexity index is 4700. The maximum atomic E-state index is 5.70. The Kier molecular flexibility index (Phi) is 9.19. The summed E-state index contributed by atoms with van der Waals surface area (Å²) in [5, 5.41) is 7.64. The number of fused-ring (bicyclic) bond motifs is 13. The van der Waals surface area contributed by atoms with Gasteiger partial charge in [0.2, 0.25) is 11.6 Å². The zero-order valence-electron chi connectivity index (χ0n) is 41.0. The topological polar surface area (TPSA) is 62.3 Å². The van der Waals surface area contributed by atoms with Crippen molar-refractivity contribution in [2.24, 2.45) is 0 Å². The van der Waals surface area contributed by atoms with Crippen molar-refractivity contribution in [3.8, 4) is 28.5 Å². The number of hydrogen-bond acceptors (Lipinski definition) is 3. The minimum Gasteiger partial charge on any atom is -0.309 e. The Hall–Kier alpha value is -10.1. The third-order valence-electron chi connectivity index (χ3n) is 15.6. The zero-order chi connectivity index (χ0) is 49.9. The molecule has 0 atom stereocenters. The number of imidazole rings is 4. The number of para-hydroxylation sites is 10. The molecule has 0 radical (unpaired) electrons. The highest BCUT2D eigenvalue weighted by atomic mass is 28.3. The molecule has 0 saturated carbocycles. The van der Waals surface area contributed by atoms with Crippen LogP contribution in [0.25, 0.3) is 106 Å². The fourth-order valence-electron chi connectivity index (χ4n) is 12.4. The summed E-state index contributed by atoms with van der Waals surface area (Å²) in [6.07, 6.45) is 0. The Morgan fingerprint density at radius 3 is 1.20 bits per heavy atom. The molecule has 356 valence electrons. The molecule has 0 saturated heterocycles. The van der Waals surface area contributed by atoms with Gasteiger partial charge in [-0.2, -0.15) is 0 Å². The Labute approximate surface area is 436 Å². The SMILES string of the molecule is c1ccc([Si](c2ccccc2)(c2cccc(-c3cc(-n4c5ccccc5n5c6ccccc6nc45)nc(-n4c5ccccc5n5c6ccccc6nc45)c3)c2)c2cccc(-n3c4ccccc4c4ccccc43)c2)cc1. The van der Waals surface area contributed by atoms with E-state index in [1.54, 1.807) is 0 Å². The van der Waals surface area contributed by atoms with Crippen LogP contribution in [0.4, 0.5) is 0 Å². The number of hydrogen-bond donors (Lipinski definition) is 0. The first-order chi connectivity index (χ1) is 37.7. The van der Waals surface area contributed by atoms with Crippen LogP contribution in [-0.4, -0.2) is 45.5 Å². The lowest BCUT2D eigenvalue weighted by Gasteiger charge is -2.35. The molecule has 10 aromatic carbocycles. The van der Waals surface area contributed by atoms with Gasteiger partial charge < -0.3 is 4.57 Å². The van der Waals surface area contributed by atoms with Crippen LogP contribution in [0, 0.1) is 0 Å². The molecule has 0 fully saturated rings. The van der Waals surface area contributed by atoms with Gasteiger partial charge in [-0.15, -0.1) is 0 Å². The van der Waals surface area contributed by atoms with Crippen LogP contribution in [0.15, 0.2) is 267 Å². The Morgan fingerprint density at radius 2 is 0.671 bits per heavy atom. The van der Waals surface area contributed by atoms with Gasteiger partial charge in [-0.05, 0) is 117 Å². The lowest BCUT2D eigenvalue weighted by atomic mass is 10.1. The van der Waals surface area contributed by atoms with E-state index >= 15 is 0 Å². The molecule has 6 aromatic heterocycles. The van der Waals surface area contributed by atoms with Crippen molar-refractivity contribution in [3.63, 3.8) is 0 Å². The average Bonchev–Trinajstić information content (AvgIpc) is 4.30. The molecule has 0 unspecified atom stereocenters. The number of pyridine rings is 1. The summed E-state index contributed by atoms with van der Waals surface area (Å²) in [6, 6.07) is 97.0. The van der Waals surface area contributed by atoms with Crippen molar-refractivity contribution >= 4 is 106 Å². The van der Waals surface area contributed by atoms with Crippen molar-refractivity contribution in [2.45, 2.75) is 0 Å². The molecule has 16 rings (SSSR count). The summed E-state index contributed by atoms with van der Waals surface area (Å²) in [5.74, 6) is 3.09. The van der Waals surface area contributed by atoms with Crippen LogP contribution in [-0.2, 0) is 0 Å². The number of benzene rings is 10. The second kappa shape index (κ2) is 16.5. The van der Waals surface area contributed by atoms with E-state index in [1.165, 1.54) is 42.6 Å². The number of aromatic nitrogens is 8. The van der Waals surface area contributed by atoms with Crippen LogP contribution < -0.4 is 20.7 Å². The van der Waals surface area contributed by atoms with Gasteiger partial charge in [0, 0.05) is 16.5 Å². The Balaban J connectivity index is 0.982. The van der Waals surface area contributed by atoms with E-state index in [-0.39, 0.29) is 0 Å². The summed E-state index contributed by atoms with van der Waals surface area (Å²) in [7, 11) is -3.13. The van der Waals surface area contributed by atoms with Gasteiger partial charge >= 0.3 is 0 Å². The summed E-state index contributed by atoms with van der Waals surface area (Å²) < 4.78 is 11.4. The predicted molar refractivity (Wildman–Crippen MR) is 314 cm³/mol. The maximum absolute atomic E-state index is 5.70. The minimum atomic E-state index is -3.13. The lowest BCUT2D eigenvalue weighted by molar-refractivity contribution is 0.983. The average molecular weight is 989 g/mol. The lowest BCUT2D eigenvalue weighted by Crippen LogP contribution is -2.74. The predicted octanol–water partition coefficient (Wildman–Crippen LogP) is 12.7. The van der Waals surface area contributed by atoms with Crippen LogP contribution in [0.1, 0.15) is 0 Å². The molecular formula is C67H44N8Si. The summed E-state index contributed by atoms with van der Waals surface area (Å²) in [5.41, 5.74) is 13.7. The van der Waals surface area contributed by atoms with Gasteiger partial charge in [0.15, 0.2) is 8.07 Å². The van der Waals surface area contributed by atoms with E-state index in [2.05, 4.69) is 289 Å². The third-order valence-corrected chi connectivity index (χ3v) is 20.4. The van der Waals surface area contributed by atoms with Gasteiger partial charge in [0.05, 0.1) is 55.2 Å². The van der Waals surface area contributed by atoms with Crippen LogP contribution >= 0.6 is 0 Å². The van der Waals surface area contributed by atoms with Crippen LogP contribution in [0.3, 0.4) is 0 Å². The smallest absolute Gasteiger partial charge is 0.221 e. The highest BCUT2D eigenvalue weighted by Crippen LogP contribution is 2.36. The normalized spacial score (nSPS) is 12.2. The van der Waals surface area contributed by atoms with Crippen molar-refractivity contribution in [3.05, 3.63) is 267 Å². The van der Waals surface area contributed by atoms with E-state index in [1.807, 2.05) is 0 Å². The third kappa shape index (κ3) is 6.08. The molecule has 76 heavy (non-hydrogen) atoms. The molecule has 8 nitrogen and oxygen atoms in total. The molecule has 0 bridgehead atoms. The van der Waals surface area contributed by atoms with Crippen molar-refractivity contribution in [1.29, 1.82) is 0 Å². The first-order valence-corrected chi connectivity index (χ1v) is 27.8. The first-order valence-electron chi connectivity index (χ1n) is 25.8. The molecule has 0 amide bonds. The molecule has 0 spiro atoms. The van der Waals surface area contributed by atoms with Gasteiger partial charge in [0.1, 0.15) is 11.6 Å². The second-order valence-electron chi connectivity index (χ2n) is 19.7. The van der Waals surface area contributed by atoms with E-state index in [4.69, 9.17) is 15.0 Å². The van der Waals surface area contributed by atoms with Crippen LogP contribution in [0.5, 0.6) is 0 Å². The van der Waals surface area contributed by atoms with E-state index in [0.29, 0.717) is 0 Å². The number of rotatable bonds is 8. The highest BCUT2D eigenvalue weighted by molar-refractivity contribution is 7.20. The van der Waals surface area contributed by atoms with Gasteiger partial charge in [-0.25, -0.2) is 15.0 Å². The van der Waals surface area contributed by atoms with Gasteiger partial charge in [-0.1, -0.05) is 182 Å². The maximum Gasteiger partial charge on any atom is 0.221 e. The van der Waals surface area contributed by atoms with Gasteiger partial charge in [0.25, 0.3) is 0 Å². The highest BCUT2D eigenvalue weighted by Gasteiger charge is 2.42. The van der Waals surface area contributed by atoms with E-state index in [9.17, 15) is 0 Å². The van der Waals surface area contributed by atoms with Crippen molar-refractivity contribution in [1.82, 2.24) is 37.5 Å². The second-order valence-corrected chi connectivity index (χ2v) is 23.5. The van der Waals surface area contributed by atoms with Gasteiger partial charge in [-0.3, -0.25) is 17.9 Å². The summed E-state index contributed by atoms with van der Waals surface area (Å²) in [4.78, 5) is 16.4. The largest absolute Gasteiger partial charge is 0.309 e. The quantitative estimate of drug-likeness (QED) is 0.113. The molecule has 9 heteroatoms. The standard InChI is InChI=1S/C67H44N8Si/c1-3-23-48(24-4-1)76(49-25-5-2-6-26-49,51-28-20-22-47(44-51)71-56-33-11-7-29-52(56)53-30-8-12-34-57(53)71)50-27-19-21-45(41-50)46-42-64(74-62-39-17-15-37-60(62)72-58-35-13-9-31-54(58)68-66(72)74)70-65(43-46)75-63-40-18-16-38-61(63)73-59-36-14-10-32-55(59)69-67(73)75/h1-44H. The number of nitrogens with zero attached hydrogens (tertiary/aromatic N) is 8. The molecule has 0 aliphatic heterocycles. The molecule has 6 heterocycles. The van der Waals surface area contributed by atoms with E-state index < -0.39 is 8.07 Å². The fourth-order valence-corrected chi connectivity index (χ4v) is 17.3. The Morgan fingerprint density at radius 1 is 0.263 bits per heavy atom. The fraction of sp³-hybridized carbons (Fsp3) is 0. The summed E-state index contributed by atoms with van der Waals surface area (Å²) >= 11 is 0. The molecular weight excluding hydrogens is 945 g/mol. The molecule has 16 aromatic rings.